The van der Waals surface area contributed by atoms with Gasteiger partial charge in [0.25, 0.3) is 0 Å². The standard InChI is InChI=1S/C21H13Cl3F3NO/c22-15-7-8-17(21(25,26)27)16(11-15)20(14-4-2-1-3-5-14)28-29-12-13-6-9-18(23)19(24)10-13/h1-11H,12H2/b28-20+. The molecule has 0 bridgehead atoms. The van der Waals surface area contributed by atoms with E-state index in [9.17, 15) is 13.2 Å². The largest absolute Gasteiger partial charge is 0.417 e. The first kappa shape index (κ1) is 21.5. The number of benzene rings is 3. The fourth-order valence-electron chi connectivity index (χ4n) is 2.61. The van der Waals surface area contributed by atoms with Crippen LogP contribution in [-0.2, 0) is 17.6 Å². The third-order valence-electron chi connectivity index (χ3n) is 3.96. The molecule has 3 rings (SSSR count). The number of oxime groups is 1. The fraction of sp³-hybridized carbons (Fsp3) is 0.0952. The molecule has 0 saturated carbocycles. The molecule has 3 aromatic carbocycles. The smallest absolute Gasteiger partial charge is 0.390 e. The summed E-state index contributed by atoms with van der Waals surface area (Å²) in [5, 5.41) is 4.89. The molecule has 8 heteroatoms. The summed E-state index contributed by atoms with van der Waals surface area (Å²) in [6.45, 7) is -0.00482. The summed E-state index contributed by atoms with van der Waals surface area (Å²) in [7, 11) is 0. The van der Waals surface area contributed by atoms with E-state index >= 15 is 0 Å². The van der Waals surface area contributed by atoms with Gasteiger partial charge in [0.15, 0.2) is 0 Å². The van der Waals surface area contributed by atoms with E-state index in [2.05, 4.69) is 5.16 Å². The zero-order valence-corrected chi connectivity index (χ0v) is 16.9. The van der Waals surface area contributed by atoms with Crippen LogP contribution in [0.4, 0.5) is 13.2 Å². The fourth-order valence-corrected chi connectivity index (χ4v) is 3.11. The van der Waals surface area contributed by atoms with Gasteiger partial charge in [-0.25, -0.2) is 0 Å². The minimum atomic E-state index is -4.58. The van der Waals surface area contributed by atoms with E-state index in [1.807, 2.05) is 0 Å². The van der Waals surface area contributed by atoms with Crippen molar-refractivity contribution in [1.82, 2.24) is 0 Å². The summed E-state index contributed by atoms with van der Waals surface area (Å²) in [6, 6.07) is 16.6. The lowest BCUT2D eigenvalue weighted by Crippen LogP contribution is -2.15. The first-order valence-corrected chi connectivity index (χ1v) is 9.45. The maximum absolute atomic E-state index is 13.6. The van der Waals surface area contributed by atoms with E-state index in [4.69, 9.17) is 39.6 Å². The van der Waals surface area contributed by atoms with Crippen LogP contribution in [-0.4, -0.2) is 5.71 Å². The molecule has 0 radical (unpaired) electrons. The minimum Gasteiger partial charge on any atom is -0.390 e. The van der Waals surface area contributed by atoms with Crippen LogP contribution in [0.2, 0.25) is 15.1 Å². The van der Waals surface area contributed by atoms with Crippen molar-refractivity contribution >= 4 is 40.5 Å². The Balaban J connectivity index is 2.01. The molecule has 0 aliphatic heterocycles. The Labute approximate surface area is 180 Å². The van der Waals surface area contributed by atoms with Gasteiger partial charge >= 0.3 is 6.18 Å². The van der Waals surface area contributed by atoms with Gasteiger partial charge in [0.1, 0.15) is 12.3 Å². The first-order chi connectivity index (χ1) is 13.8. The van der Waals surface area contributed by atoms with Crippen LogP contribution in [0.3, 0.4) is 0 Å². The molecule has 3 aromatic rings. The molecule has 29 heavy (non-hydrogen) atoms. The second kappa shape index (κ2) is 9.08. The highest BCUT2D eigenvalue weighted by molar-refractivity contribution is 6.42. The molecule has 0 aromatic heterocycles. The second-order valence-electron chi connectivity index (χ2n) is 6.02. The minimum absolute atomic E-state index is 0.00482. The Morgan fingerprint density at radius 2 is 1.59 bits per heavy atom. The topological polar surface area (TPSA) is 21.6 Å². The van der Waals surface area contributed by atoms with Crippen molar-refractivity contribution in [3.05, 3.63) is 104 Å². The molecule has 0 amide bonds. The summed E-state index contributed by atoms with van der Waals surface area (Å²) in [4.78, 5) is 5.37. The summed E-state index contributed by atoms with van der Waals surface area (Å²) in [6.07, 6.45) is -4.58. The lowest BCUT2D eigenvalue weighted by Gasteiger charge is -2.15. The molecule has 0 saturated heterocycles. The zero-order chi connectivity index (χ0) is 21.0. The van der Waals surface area contributed by atoms with E-state index in [1.165, 1.54) is 12.1 Å². The number of halogens is 6. The van der Waals surface area contributed by atoms with Crippen LogP contribution >= 0.6 is 34.8 Å². The first-order valence-electron chi connectivity index (χ1n) is 8.32. The van der Waals surface area contributed by atoms with Gasteiger partial charge in [0, 0.05) is 16.1 Å². The summed E-state index contributed by atoms with van der Waals surface area (Å²) < 4.78 is 40.7. The molecule has 0 spiro atoms. The van der Waals surface area contributed by atoms with Gasteiger partial charge in [-0.2, -0.15) is 13.2 Å². The van der Waals surface area contributed by atoms with Crippen LogP contribution in [0.25, 0.3) is 0 Å². The van der Waals surface area contributed by atoms with E-state index in [0.29, 0.717) is 21.2 Å². The van der Waals surface area contributed by atoms with E-state index in [-0.39, 0.29) is 22.9 Å². The van der Waals surface area contributed by atoms with Gasteiger partial charge in [0.05, 0.1) is 15.6 Å². The van der Waals surface area contributed by atoms with Crippen molar-refractivity contribution in [2.45, 2.75) is 12.8 Å². The number of nitrogens with zero attached hydrogens (tertiary/aromatic N) is 1. The maximum Gasteiger partial charge on any atom is 0.417 e. The highest BCUT2D eigenvalue weighted by Gasteiger charge is 2.35. The SMILES string of the molecule is FC(F)(F)c1ccc(Cl)cc1/C(=N/OCc1ccc(Cl)c(Cl)c1)c1ccccc1. The van der Waals surface area contributed by atoms with Crippen molar-refractivity contribution in [3.63, 3.8) is 0 Å². The average Bonchev–Trinajstić information content (AvgIpc) is 2.67. The second-order valence-corrected chi connectivity index (χ2v) is 7.27. The molecule has 0 aliphatic carbocycles. The van der Waals surface area contributed by atoms with Gasteiger partial charge in [-0.15, -0.1) is 0 Å². The highest BCUT2D eigenvalue weighted by atomic mass is 35.5. The number of hydrogen-bond acceptors (Lipinski definition) is 2. The Bertz CT molecular complexity index is 1040. The summed E-state index contributed by atoms with van der Waals surface area (Å²) >= 11 is 17.8. The lowest BCUT2D eigenvalue weighted by atomic mass is 9.97. The predicted octanol–water partition coefficient (Wildman–Crippen LogP) is 7.63. The Morgan fingerprint density at radius 3 is 2.24 bits per heavy atom. The van der Waals surface area contributed by atoms with Crippen LogP contribution in [0, 0.1) is 0 Å². The summed E-state index contributed by atoms with van der Waals surface area (Å²) in [5.41, 5.74) is 0.0978. The van der Waals surface area contributed by atoms with E-state index < -0.39 is 11.7 Å². The molecule has 0 atom stereocenters. The average molecular weight is 459 g/mol. The molecular weight excluding hydrogens is 446 g/mol. The molecule has 0 unspecified atom stereocenters. The Hall–Kier alpha value is -2.21. The number of rotatable bonds is 5. The zero-order valence-electron chi connectivity index (χ0n) is 14.7. The normalized spacial score (nSPS) is 12.1. The van der Waals surface area contributed by atoms with Crippen LogP contribution in [0.15, 0.2) is 71.9 Å². The molecule has 2 nitrogen and oxygen atoms in total. The monoisotopic (exact) mass is 457 g/mol. The van der Waals surface area contributed by atoms with Crippen molar-refractivity contribution in [2.24, 2.45) is 5.16 Å². The van der Waals surface area contributed by atoms with Gasteiger partial charge in [-0.1, -0.05) is 76.4 Å². The highest BCUT2D eigenvalue weighted by Crippen LogP contribution is 2.34. The Kier molecular flexibility index (Phi) is 6.73. The maximum atomic E-state index is 13.6. The number of alkyl halides is 3. The van der Waals surface area contributed by atoms with Gasteiger partial charge in [-0.3, -0.25) is 0 Å². The molecule has 150 valence electrons. The van der Waals surface area contributed by atoms with E-state index in [1.54, 1.807) is 48.5 Å². The number of hydrogen-bond donors (Lipinski definition) is 0. The Morgan fingerprint density at radius 1 is 0.862 bits per heavy atom. The van der Waals surface area contributed by atoms with Gasteiger partial charge < -0.3 is 4.84 Å². The summed E-state index contributed by atoms with van der Waals surface area (Å²) in [5.74, 6) is 0. The van der Waals surface area contributed by atoms with Crippen LogP contribution in [0.5, 0.6) is 0 Å². The van der Waals surface area contributed by atoms with Crippen LogP contribution < -0.4 is 0 Å². The van der Waals surface area contributed by atoms with Crippen molar-refractivity contribution < 1.29 is 18.0 Å². The van der Waals surface area contributed by atoms with E-state index in [0.717, 1.165) is 6.07 Å². The molecule has 0 fully saturated rings. The lowest BCUT2D eigenvalue weighted by molar-refractivity contribution is -0.137. The van der Waals surface area contributed by atoms with Crippen molar-refractivity contribution in [3.8, 4) is 0 Å². The predicted molar refractivity (Wildman–Crippen MR) is 110 cm³/mol. The third kappa shape index (κ3) is 5.44. The molecular formula is C21H13Cl3F3NO. The van der Waals surface area contributed by atoms with Gasteiger partial charge in [-0.05, 0) is 35.9 Å². The van der Waals surface area contributed by atoms with Crippen LogP contribution in [0.1, 0.15) is 22.3 Å². The van der Waals surface area contributed by atoms with Crippen molar-refractivity contribution in [2.75, 3.05) is 0 Å². The molecule has 0 N–H and O–H groups in total. The quantitative estimate of drug-likeness (QED) is 0.284. The molecule has 0 aliphatic rings. The van der Waals surface area contributed by atoms with Gasteiger partial charge in [0.2, 0.25) is 0 Å². The van der Waals surface area contributed by atoms with Crippen molar-refractivity contribution in [1.29, 1.82) is 0 Å². The third-order valence-corrected chi connectivity index (χ3v) is 4.93. The molecule has 0 heterocycles.